The Hall–Kier alpha value is -1.82. The first-order valence-corrected chi connectivity index (χ1v) is 15.0. The summed E-state index contributed by atoms with van der Waals surface area (Å²) in [5, 5.41) is 1.44. The van der Waals surface area contributed by atoms with Crippen LogP contribution in [0, 0.1) is 0 Å². The predicted octanol–water partition coefficient (Wildman–Crippen LogP) is 5.06. The van der Waals surface area contributed by atoms with Crippen LogP contribution in [0.1, 0.15) is 37.8 Å². The molecule has 0 amide bonds. The van der Waals surface area contributed by atoms with E-state index in [1.165, 1.54) is 4.31 Å². The number of halogens is 1. The first kappa shape index (κ1) is 25.8. The van der Waals surface area contributed by atoms with Crippen LogP contribution in [0.15, 0.2) is 40.4 Å². The highest BCUT2D eigenvalue weighted by Gasteiger charge is 2.25. The summed E-state index contributed by atoms with van der Waals surface area (Å²) in [7, 11) is -3.58. The van der Waals surface area contributed by atoms with Crippen molar-refractivity contribution in [1.82, 2.24) is 13.9 Å². The third-order valence-corrected chi connectivity index (χ3v) is 9.84. The number of sulfonamides is 1. The Balaban J connectivity index is 1.50. The van der Waals surface area contributed by atoms with Crippen molar-refractivity contribution in [2.45, 2.75) is 61.7 Å². The Kier molecular flexibility index (Phi) is 7.81. The average molecular weight is 552 g/mol. The van der Waals surface area contributed by atoms with E-state index in [1.807, 2.05) is 32.0 Å². The second-order valence-electron chi connectivity index (χ2n) is 8.83. The largest absolute Gasteiger partial charge is 0.467 e. The maximum atomic E-state index is 13.1. The van der Waals surface area contributed by atoms with Gasteiger partial charge in [-0.25, -0.2) is 13.4 Å². The molecule has 8 nitrogen and oxygen atoms in total. The summed E-state index contributed by atoms with van der Waals surface area (Å²) in [6.45, 7) is 6.64. The quantitative estimate of drug-likeness (QED) is 0.344. The molecule has 0 spiro atoms. The number of imidazole rings is 1. The van der Waals surface area contributed by atoms with Gasteiger partial charge in [0.25, 0.3) is 0 Å². The van der Waals surface area contributed by atoms with Gasteiger partial charge in [-0.15, -0.1) is 0 Å². The molecule has 0 bridgehead atoms. The number of aromatic nitrogens is 2. The summed E-state index contributed by atoms with van der Waals surface area (Å²) in [4.78, 5) is 5.14. The van der Waals surface area contributed by atoms with Crippen molar-refractivity contribution in [2.75, 3.05) is 26.5 Å². The van der Waals surface area contributed by atoms with Gasteiger partial charge in [0.1, 0.15) is 5.75 Å². The lowest BCUT2D eigenvalue weighted by Gasteiger charge is -2.21. The van der Waals surface area contributed by atoms with Gasteiger partial charge in [0, 0.05) is 41.6 Å². The van der Waals surface area contributed by atoms with Crippen molar-refractivity contribution in [2.24, 2.45) is 0 Å². The van der Waals surface area contributed by atoms with Crippen molar-refractivity contribution < 1.29 is 22.6 Å². The minimum absolute atomic E-state index is 0.111. The Labute approximate surface area is 220 Å². The number of fused-ring (bicyclic) bond motifs is 2. The van der Waals surface area contributed by atoms with Crippen LogP contribution >= 0.6 is 23.4 Å². The average Bonchev–Trinajstić information content (AvgIpc) is 3.51. The SMILES string of the molecule is CCN(CC)S(=O)(=O)c1ccc2c(c1)nc(SCc1cc(Cl)cc3c1OCOC3)n2C[C@H]1CCCO1. The number of hydrogen-bond donors (Lipinski definition) is 0. The van der Waals surface area contributed by atoms with E-state index in [1.54, 1.807) is 23.9 Å². The molecule has 2 aliphatic heterocycles. The maximum absolute atomic E-state index is 13.1. The Morgan fingerprint density at radius 1 is 1.22 bits per heavy atom. The lowest BCUT2D eigenvalue weighted by molar-refractivity contribution is -0.0168. The first-order chi connectivity index (χ1) is 17.4. The van der Waals surface area contributed by atoms with Gasteiger partial charge < -0.3 is 18.8 Å². The number of rotatable bonds is 9. The van der Waals surface area contributed by atoms with Crippen LogP contribution in [0.5, 0.6) is 5.75 Å². The number of benzene rings is 2. The van der Waals surface area contributed by atoms with Crippen molar-refractivity contribution >= 4 is 44.4 Å². The molecule has 2 aliphatic rings. The molecule has 0 unspecified atom stereocenters. The van der Waals surface area contributed by atoms with Crippen LogP contribution in [0.25, 0.3) is 11.0 Å². The zero-order valence-corrected chi connectivity index (χ0v) is 22.8. The summed E-state index contributed by atoms with van der Waals surface area (Å²) in [6.07, 6.45) is 2.15. The molecule has 5 rings (SSSR count). The maximum Gasteiger partial charge on any atom is 0.243 e. The molecule has 1 fully saturated rings. The molecule has 11 heteroatoms. The predicted molar refractivity (Wildman–Crippen MR) is 140 cm³/mol. The van der Waals surface area contributed by atoms with Crippen LogP contribution in [0.3, 0.4) is 0 Å². The highest BCUT2D eigenvalue weighted by atomic mass is 35.5. The molecule has 0 radical (unpaired) electrons. The minimum atomic E-state index is -3.58. The number of thioether (sulfide) groups is 1. The van der Waals surface area contributed by atoms with E-state index in [0.717, 1.165) is 47.0 Å². The molecule has 0 saturated carbocycles. The van der Waals surface area contributed by atoms with Crippen LogP contribution in [-0.4, -0.2) is 54.9 Å². The molecule has 1 atom stereocenters. The summed E-state index contributed by atoms with van der Waals surface area (Å²) < 4.78 is 46.9. The molecule has 0 aliphatic carbocycles. The Bertz CT molecular complexity index is 1350. The van der Waals surface area contributed by atoms with Gasteiger partial charge in [0.2, 0.25) is 10.0 Å². The third-order valence-electron chi connectivity index (χ3n) is 6.55. The van der Waals surface area contributed by atoms with E-state index in [0.29, 0.717) is 42.5 Å². The third kappa shape index (κ3) is 5.12. The standard InChI is InChI=1S/C25H30ClN3O5S2/c1-3-28(4-2)36(30,31)21-7-8-23-22(12-21)27-25(29(23)13-20-6-5-9-33-20)35-15-18-11-19(26)10-17-14-32-16-34-24(17)18/h7-8,10-12,20H,3-6,9,13-16H2,1-2H3/t20-/m1/s1. The molecule has 194 valence electrons. The second kappa shape index (κ2) is 10.9. The van der Waals surface area contributed by atoms with Crippen LogP contribution < -0.4 is 4.74 Å². The number of hydrogen-bond acceptors (Lipinski definition) is 7. The molecular formula is C25H30ClN3O5S2. The second-order valence-corrected chi connectivity index (χ2v) is 12.1. The Morgan fingerprint density at radius 2 is 2.06 bits per heavy atom. The van der Waals surface area contributed by atoms with E-state index >= 15 is 0 Å². The molecule has 2 aromatic carbocycles. The summed E-state index contributed by atoms with van der Waals surface area (Å²) in [6, 6.07) is 9.01. The van der Waals surface area contributed by atoms with Gasteiger partial charge in [0.05, 0.1) is 35.2 Å². The van der Waals surface area contributed by atoms with Gasteiger partial charge in [-0.1, -0.05) is 37.2 Å². The van der Waals surface area contributed by atoms with Crippen molar-refractivity contribution in [1.29, 1.82) is 0 Å². The van der Waals surface area contributed by atoms with Gasteiger partial charge in [-0.3, -0.25) is 0 Å². The van der Waals surface area contributed by atoms with Gasteiger partial charge in [0.15, 0.2) is 11.9 Å². The Morgan fingerprint density at radius 3 is 2.81 bits per heavy atom. The molecule has 1 aromatic heterocycles. The molecule has 0 N–H and O–H groups in total. The zero-order valence-electron chi connectivity index (χ0n) is 20.4. The van der Waals surface area contributed by atoms with Crippen LogP contribution in [-0.2, 0) is 38.4 Å². The number of ether oxygens (including phenoxy) is 3. The van der Waals surface area contributed by atoms with E-state index in [2.05, 4.69) is 4.57 Å². The molecule has 1 saturated heterocycles. The normalized spacial score (nSPS) is 18.1. The highest BCUT2D eigenvalue weighted by molar-refractivity contribution is 7.98. The fourth-order valence-electron chi connectivity index (χ4n) is 4.75. The van der Waals surface area contributed by atoms with Crippen LogP contribution in [0.4, 0.5) is 0 Å². The van der Waals surface area contributed by atoms with E-state index in [9.17, 15) is 8.42 Å². The minimum Gasteiger partial charge on any atom is -0.467 e. The molecule has 3 aromatic rings. The molecular weight excluding hydrogens is 522 g/mol. The highest BCUT2D eigenvalue weighted by Crippen LogP contribution is 2.37. The monoisotopic (exact) mass is 551 g/mol. The van der Waals surface area contributed by atoms with Crippen molar-refractivity contribution in [3.8, 4) is 5.75 Å². The number of nitrogens with zero attached hydrogens (tertiary/aromatic N) is 3. The lowest BCUT2D eigenvalue weighted by Crippen LogP contribution is -2.30. The molecule has 36 heavy (non-hydrogen) atoms. The smallest absolute Gasteiger partial charge is 0.243 e. The fourth-order valence-corrected chi connectivity index (χ4v) is 7.48. The van der Waals surface area contributed by atoms with Gasteiger partial charge in [-0.05, 0) is 43.2 Å². The van der Waals surface area contributed by atoms with E-state index < -0.39 is 10.0 Å². The first-order valence-electron chi connectivity index (χ1n) is 12.2. The lowest BCUT2D eigenvalue weighted by atomic mass is 10.1. The van der Waals surface area contributed by atoms with E-state index in [-0.39, 0.29) is 17.8 Å². The van der Waals surface area contributed by atoms with Crippen molar-refractivity contribution in [3.63, 3.8) is 0 Å². The van der Waals surface area contributed by atoms with E-state index in [4.69, 9.17) is 30.8 Å². The van der Waals surface area contributed by atoms with Gasteiger partial charge >= 0.3 is 0 Å². The summed E-state index contributed by atoms with van der Waals surface area (Å²) in [5.74, 6) is 1.41. The topological polar surface area (TPSA) is 82.9 Å². The summed E-state index contributed by atoms with van der Waals surface area (Å²) in [5.41, 5.74) is 3.46. The van der Waals surface area contributed by atoms with Crippen molar-refractivity contribution in [3.05, 3.63) is 46.5 Å². The van der Waals surface area contributed by atoms with Gasteiger partial charge in [-0.2, -0.15) is 4.31 Å². The van der Waals surface area contributed by atoms with Crippen LogP contribution in [0.2, 0.25) is 5.02 Å². The fraction of sp³-hybridized carbons (Fsp3) is 0.480. The summed E-state index contributed by atoms with van der Waals surface area (Å²) >= 11 is 7.94. The molecule has 3 heterocycles. The zero-order chi connectivity index (χ0) is 25.3.